The van der Waals surface area contributed by atoms with Crippen molar-refractivity contribution >= 4 is 0 Å². The predicted molar refractivity (Wildman–Crippen MR) is 54.7 cm³/mol. The summed E-state index contributed by atoms with van der Waals surface area (Å²) < 4.78 is 0. The molecule has 67 valence electrons. The fraction of sp³-hybridized carbons (Fsp3) is 0.167. The molecule has 0 aliphatic carbocycles. The summed E-state index contributed by atoms with van der Waals surface area (Å²) in [6.45, 7) is 7.28. The molecule has 0 saturated heterocycles. The summed E-state index contributed by atoms with van der Waals surface area (Å²) in [5, 5.41) is 9.36. The van der Waals surface area contributed by atoms with Gasteiger partial charge in [0.25, 0.3) is 0 Å². The average Bonchev–Trinajstić information content (AvgIpc) is 2.04. The highest BCUT2D eigenvalue weighted by molar-refractivity contribution is 5.34. The fourth-order valence-electron chi connectivity index (χ4n) is 1.21. The van der Waals surface area contributed by atoms with Crippen molar-refractivity contribution in [1.29, 1.82) is 0 Å². The van der Waals surface area contributed by atoms with Crippen molar-refractivity contribution in [3.8, 4) is 5.75 Å². The number of hydrogen-bond acceptors (Lipinski definition) is 1. The first kappa shape index (κ1) is 9.59. The number of phenolic OH excluding ortho intramolecular Hbond substituents is 1. The maximum atomic E-state index is 9.36. The second-order valence-electron chi connectivity index (χ2n) is 2.87. The molecule has 1 aromatic rings. The number of hydrogen-bond donors (Lipinski definition) is 1. The van der Waals surface area contributed by atoms with Gasteiger partial charge in [0.15, 0.2) is 0 Å². The number of benzene rings is 1. The molecule has 1 rings (SSSR count). The second kappa shape index (κ2) is 4.51. The number of phenols is 1. The van der Waals surface area contributed by atoms with Gasteiger partial charge in [-0.25, -0.2) is 0 Å². The van der Waals surface area contributed by atoms with Crippen LogP contribution in [0.15, 0.2) is 37.4 Å². The van der Waals surface area contributed by atoms with E-state index < -0.39 is 0 Å². The Morgan fingerprint density at radius 1 is 1.15 bits per heavy atom. The van der Waals surface area contributed by atoms with Crippen LogP contribution in [0.3, 0.4) is 0 Å². The summed E-state index contributed by atoms with van der Waals surface area (Å²) in [7, 11) is 0. The van der Waals surface area contributed by atoms with Crippen LogP contribution in [0.1, 0.15) is 11.1 Å². The molecular weight excluding hydrogens is 160 g/mol. The Hall–Kier alpha value is -1.50. The van der Waals surface area contributed by atoms with Gasteiger partial charge in [0.1, 0.15) is 5.75 Å². The van der Waals surface area contributed by atoms with Gasteiger partial charge >= 0.3 is 0 Å². The van der Waals surface area contributed by atoms with Gasteiger partial charge in [-0.2, -0.15) is 0 Å². The molecule has 0 heterocycles. The SMILES string of the molecule is C=CCc1[c]c(CC=C)cc(O)c1. The molecule has 0 atom stereocenters. The highest BCUT2D eigenvalue weighted by Crippen LogP contribution is 2.16. The van der Waals surface area contributed by atoms with Gasteiger partial charge < -0.3 is 5.11 Å². The van der Waals surface area contributed by atoms with Crippen LogP contribution in [0, 0.1) is 6.07 Å². The van der Waals surface area contributed by atoms with Crippen molar-refractivity contribution in [3.05, 3.63) is 54.6 Å². The molecule has 1 N–H and O–H groups in total. The summed E-state index contributed by atoms with van der Waals surface area (Å²) >= 11 is 0. The molecule has 1 radical (unpaired) electrons. The van der Waals surface area contributed by atoms with Crippen molar-refractivity contribution < 1.29 is 5.11 Å². The lowest BCUT2D eigenvalue weighted by molar-refractivity contribution is 0.474. The number of rotatable bonds is 4. The summed E-state index contributed by atoms with van der Waals surface area (Å²) in [6, 6.07) is 6.59. The molecule has 13 heavy (non-hydrogen) atoms. The van der Waals surface area contributed by atoms with Crippen LogP contribution in [0.2, 0.25) is 0 Å². The Balaban J connectivity index is 2.95. The zero-order valence-corrected chi connectivity index (χ0v) is 7.59. The van der Waals surface area contributed by atoms with Crippen molar-refractivity contribution in [2.45, 2.75) is 12.8 Å². The zero-order chi connectivity index (χ0) is 9.68. The number of allylic oxidation sites excluding steroid dienone is 2. The van der Waals surface area contributed by atoms with Crippen LogP contribution in [0.4, 0.5) is 0 Å². The molecule has 0 fully saturated rings. The Morgan fingerprint density at radius 3 is 2.00 bits per heavy atom. The van der Waals surface area contributed by atoms with E-state index in [4.69, 9.17) is 0 Å². The summed E-state index contributed by atoms with van der Waals surface area (Å²) in [6.07, 6.45) is 5.06. The van der Waals surface area contributed by atoms with Crippen LogP contribution in [-0.2, 0) is 12.8 Å². The smallest absolute Gasteiger partial charge is 0.116 e. The molecule has 0 aliphatic heterocycles. The lowest BCUT2D eigenvalue weighted by atomic mass is 10.1. The number of aromatic hydroxyl groups is 1. The van der Waals surface area contributed by atoms with Crippen LogP contribution < -0.4 is 0 Å². The third-order valence-corrected chi connectivity index (χ3v) is 1.69. The molecule has 1 nitrogen and oxygen atoms in total. The van der Waals surface area contributed by atoms with E-state index in [1.165, 1.54) is 0 Å². The van der Waals surface area contributed by atoms with E-state index in [2.05, 4.69) is 19.2 Å². The first-order valence-corrected chi connectivity index (χ1v) is 4.22. The third-order valence-electron chi connectivity index (χ3n) is 1.69. The van der Waals surface area contributed by atoms with Gasteiger partial charge in [0.2, 0.25) is 0 Å². The largest absolute Gasteiger partial charge is 0.508 e. The Morgan fingerprint density at radius 2 is 1.62 bits per heavy atom. The Kier molecular flexibility index (Phi) is 3.32. The van der Waals surface area contributed by atoms with E-state index in [0.29, 0.717) is 0 Å². The fourth-order valence-corrected chi connectivity index (χ4v) is 1.21. The van der Waals surface area contributed by atoms with E-state index in [1.54, 1.807) is 24.3 Å². The molecule has 0 spiro atoms. The summed E-state index contributed by atoms with van der Waals surface area (Å²) in [5.41, 5.74) is 1.93. The van der Waals surface area contributed by atoms with Crippen molar-refractivity contribution in [2.75, 3.05) is 0 Å². The summed E-state index contributed by atoms with van der Waals surface area (Å²) in [5.74, 6) is 0.285. The van der Waals surface area contributed by atoms with Gasteiger partial charge in [-0.1, -0.05) is 12.2 Å². The maximum absolute atomic E-state index is 9.36. The highest BCUT2D eigenvalue weighted by Gasteiger charge is 1.98. The van der Waals surface area contributed by atoms with Crippen molar-refractivity contribution in [1.82, 2.24) is 0 Å². The molecule has 0 bridgehead atoms. The zero-order valence-electron chi connectivity index (χ0n) is 7.59. The van der Waals surface area contributed by atoms with E-state index >= 15 is 0 Å². The molecule has 0 unspecified atom stereocenters. The van der Waals surface area contributed by atoms with Crippen LogP contribution in [-0.4, -0.2) is 5.11 Å². The standard InChI is InChI=1S/C12H13O/c1-3-5-10-7-11(6-4-2)9-12(13)8-10/h3-4,8-9,13H,1-2,5-6H2. The third kappa shape index (κ3) is 2.79. The van der Waals surface area contributed by atoms with E-state index in [0.717, 1.165) is 24.0 Å². The molecule has 0 saturated carbocycles. The molecular formula is C12H13O. The van der Waals surface area contributed by atoms with E-state index in [9.17, 15) is 5.11 Å². The topological polar surface area (TPSA) is 20.2 Å². The first-order valence-electron chi connectivity index (χ1n) is 4.22. The van der Waals surface area contributed by atoms with Gasteiger partial charge in [-0.3, -0.25) is 0 Å². The quantitative estimate of drug-likeness (QED) is 0.694. The molecule has 1 heteroatoms. The van der Waals surface area contributed by atoms with Gasteiger partial charge in [0.05, 0.1) is 0 Å². The maximum Gasteiger partial charge on any atom is 0.116 e. The van der Waals surface area contributed by atoms with Crippen molar-refractivity contribution in [2.24, 2.45) is 0 Å². The Labute approximate surface area is 79.0 Å². The van der Waals surface area contributed by atoms with Gasteiger partial charge in [-0.05, 0) is 42.2 Å². The second-order valence-corrected chi connectivity index (χ2v) is 2.87. The van der Waals surface area contributed by atoms with Crippen LogP contribution >= 0.6 is 0 Å². The molecule has 0 amide bonds. The molecule has 1 aromatic carbocycles. The average molecular weight is 173 g/mol. The van der Waals surface area contributed by atoms with E-state index in [-0.39, 0.29) is 5.75 Å². The molecule has 0 aliphatic rings. The minimum absolute atomic E-state index is 0.285. The first-order chi connectivity index (χ1) is 6.26. The summed E-state index contributed by atoms with van der Waals surface area (Å²) in [4.78, 5) is 0. The monoisotopic (exact) mass is 173 g/mol. The predicted octanol–water partition coefficient (Wildman–Crippen LogP) is 2.65. The highest BCUT2D eigenvalue weighted by atomic mass is 16.3. The van der Waals surface area contributed by atoms with Crippen LogP contribution in [0.25, 0.3) is 0 Å². The lowest BCUT2D eigenvalue weighted by Crippen LogP contribution is -1.87. The van der Waals surface area contributed by atoms with Gasteiger partial charge in [-0.15, -0.1) is 13.2 Å². The van der Waals surface area contributed by atoms with Crippen LogP contribution in [0.5, 0.6) is 5.75 Å². The lowest BCUT2D eigenvalue weighted by Gasteiger charge is -2.02. The normalized spacial score (nSPS) is 9.54. The molecule has 0 aromatic heterocycles. The minimum atomic E-state index is 0.285. The van der Waals surface area contributed by atoms with Gasteiger partial charge in [0, 0.05) is 0 Å². The minimum Gasteiger partial charge on any atom is -0.508 e. The Bertz CT molecular complexity index is 285. The van der Waals surface area contributed by atoms with E-state index in [1.807, 2.05) is 0 Å². The van der Waals surface area contributed by atoms with Crippen molar-refractivity contribution in [3.63, 3.8) is 0 Å².